The molecule has 1 saturated heterocycles. The second-order valence-corrected chi connectivity index (χ2v) is 5.43. The van der Waals surface area contributed by atoms with Gasteiger partial charge in [-0.1, -0.05) is 6.07 Å². The largest absolute Gasteiger partial charge is 0.332 e. The number of carbonyl (C=O) groups is 2. The van der Waals surface area contributed by atoms with Gasteiger partial charge in [-0.3, -0.25) is 4.79 Å². The molecule has 1 fully saturated rings. The third-order valence-corrected chi connectivity index (χ3v) is 3.01. The fourth-order valence-electron chi connectivity index (χ4n) is 1.99. The molecule has 0 aliphatic carbocycles. The highest BCUT2D eigenvalue weighted by Gasteiger charge is 2.42. The maximum Gasteiger partial charge on any atom is 0.332 e. The second-order valence-electron chi connectivity index (χ2n) is 5.43. The molecule has 0 unspecified atom stereocenters. The Kier molecular flexibility index (Phi) is 3.03. The van der Waals surface area contributed by atoms with Gasteiger partial charge in [-0.05, 0) is 39.0 Å². The molecule has 0 radical (unpaired) electrons. The van der Waals surface area contributed by atoms with E-state index in [1.165, 1.54) is 4.90 Å². The van der Waals surface area contributed by atoms with E-state index in [0.29, 0.717) is 11.3 Å². The predicted octanol–water partition coefficient (Wildman–Crippen LogP) is 2.13. The van der Waals surface area contributed by atoms with Crippen LogP contribution in [0, 0.1) is 11.3 Å². The first-order valence-corrected chi connectivity index (χ1v) is 5.99. The zero-order chi connectivity index (χ0) is 14.2. The van der Waals surface area contributed by atoms with Crippen molar-refractivity contribution >= 4 is 17.6 Å². The number of benzene rings is 1. The van der Waals surface area contributed by atoms with Gasteiger partial charge in [0.05, 0.1) is 17.3 Å². The maximum atomic E-state index is 12.3. The Bertz CT molecular complexity index is 581. The van der Waals surface area contributed by atoms with Crippen LogP contribution in [0.25, 0.3) is 0 Å². The molecule has 0 bridgehead atoms. The number of hydrogen-bond donors (Lipinski definition) is 0. The van der Waals surface area contributed by atoms with Crippen LogP contribution in [-0.4, -0.2) is 28.9 Å². The van der Waals surface area contributed by atoms with Crippen molar-refractivity contribution in [2.45, 2.75) is 26.3 Å². The van der Waals surface area contributed by atoms with Crippen molar-refractivity contribution in [1.29, 1.82) is 5.26 Å². The molecule has 2 rings (SSSR count). The number of urea groups is 1. The average Bonchev–Trinajstić information content (AvgIpc) is 2.65. The lowest BCUT2D eigenvalue weighted by molar-refractivity contribution is -0.117. The molecule has 0 saturated carbocycles. The minimum atomic E-state index is -0.408. The Morgan fingerprint density at radius 2 is 1.95 bits per heavy atom. The van der Waals surface area contributed by atoms with Gasteiger partial charge in [0.15, 0.2) is 0 Å². The average molecular weight is 257 g/mol. The molecule has 1 heterocycles. The van der Waals surface area contributed by atoms with Gasteiger partial charge in [0, 0.05) is 5.54 Å². The van der Waals surface area contributed by atoms with Gasteiger partial charge in [-0.2, -0.15) is 5.26 Å². The molecule has 0 atom stereocenters. The molecule has 1 aromatic rings. The number of anilines is 1. The van der Waals surface area contributed by atoms with Gasteiger partial charge in [0.2, 0.25) is 0 Å². The minimum absolute atomic E-state index is 0.0686. The number of nitriles is 1. The zero-order valence-electron chi connectivity index (χ0n) is 11.2. The highest BCUT2D eigenvalue weighted by Crippen LogP contribution is 2.26. The van der Waals surface area contributed by atoms with Crippen LogP contribution in [0.1, 0.15) is 26.3 Å². The Hall–Kier alpha value is -2.35. The van der Waals surface area contributed by atoms with Crippen molar-refractivity contribution in [3.05, 3.63) is 29.8 Å². The van der Waals surface area contributed by atoms with E-state index in [1.54, 1.807) is 24.3 Å². The minimum Gasteiger partial charge on any atom is -0.310 e. The molecule has 5 nitrogen and oxygen atoms in total. The summed E-state index contributed by atoms with van der Waals surface area (Å²) in [6, 6.07) is 8.15. The predicted molar refractivity (Wildman–Crippen MR) is 70.5 cm³/mol. The molecular formula is C14H15N3O2. The zero-order valence-corrected chi connectivity index (χ0v) is 11.2. The van der Waals surface area contributed by atoms with Gasteiger partial charge >= 0.3 is 6.03 Å². The normalized spacial score (nSPS) is 15.9. The third kappa shape index (κ3) is 2.29. The number of amides is 3. The molecule has 19 heavy (non-hydrogen) atoms. The van der Waals surface area contributed by atoms with E-state index in [0.717, 1.165) is 4.90 Å². The number of hydrogen-bond acceptors (Lipinski definition) is 3. The summed E-state index contributed by atoms with van der Waals surface area (Å²) in [4.78, 5) is 27.0. The molecule has 1 aliphatic heterocycles. The fraction of sp³-hybridized carbons (Fsp3) is 0.357. The molecular weight excluding hydrogens is 242 g/mol. The topological polar surface area (TPSA) is 64.4 Å². The van der Waals surface area contributed by atoms with Crippen LogP contribution in [0.15, 0.2) is 24.3 Å². The standard InChI is InChI=1S/C14H15N3O2/c1-14(2,3)16-9-12(18)17(13(16)19)11-6-4-5-10(7-11)8-15/h4-7H,9H2,1-3H3. The molecule has 1 aromatic carbocycles. The number of carbonyl (C=O) groups excluding carboxylic acids is 2. The molecule has 98 valence electrons. The van der Waals surface area contributed by atoms with Crippen LogP contribution < -0.4 is 4.90 Å². The van der Waals surface area contributed by atoms with Gasteiger partial charge in [-0.25, -0.2) is 9.69 Å². The lowest BCUT2D eigenvalue weighted by Gasteiger charge is -2.30. The monoisotopic (exact) mass is 257 g/mol. The van der Waals surface area contributed by atoms with Crippen molar-refractivity contribution in [1.82, 2.24) is 4.90 Å². The van der Waals surface area contributed by atoms with Crippen molar-refractivity contribution in [3.63, 3.8) is 0 Å². The summed E-state index contributed by atoms with van der Waals surface area (Å²) in [5.74, 6) is -0.269. The van der Waals surface area contributed by atoms with Crippen molar-refractivity contribution in [2.75, 3.05) is 11.4 Å². The number of nitrogens with zero attached hydrogens (tertiary/aromatic N) is 3. The quantitative estimate of drug-likeness (QED) is 0.724. The number of imide groups is 1. The first-order chi connectivity index (χ1) is 8.84. The van der Waals surface area contributed by atoms with E-state index in [2.05, 4.69) is 0 Å². The smallest absolute Gasteiger partial charge is 0.310 e. The van der Waals surface area contributed by atoms with Crippen molar-refractivity contribution in [3.8, 4) is 6.07 Å². The SMILES string of the molecule is CC(C)(C)N1CC(=O)N(c2cccc(C#N)c2)C1=O. The van der Waals surface area contributed by atoms with Crippen LogP contribution in [-0.2, 0) is 4.79 Å². The first-order valence-electron chi connectivity index (χ1n) is 5.99. The fourth-order valence-corrected chi connectivity index (χ4v) is 1.99. The van der Waals surface area contributed by atoms with E-state index in [4.69, 9.17) is 5.26 Å². The lowest BCUT2D eigenvalue weighted by Crippen LogP contribution is -2.44. The van der Waals surface area contributed by atoms with Crippen LogP contribution >= 0.6 is 0 Å². The Morgan fingerprint density at radius 1 is 1.26 bits per heavy atom. The van der Waals surface area contributed by atoms with E-state index in [1.807, 2.05) is 26.8 Å². The van der Waals surface area contributed by atoms with Gasteiger partial charge in [-0.15, -0.1) is 0 Å². The summed E-state index contributed by atoms with van der Waals surface area (Å²) >= 11 is 0. The summed E-state index contributed by atoms with van der Waals surface area (Å²) in [6.07, 6.45) is 0. The third-order valence-electron chi connectivity index (χ3n) is 3.01. The van der Waals surface area contributed by atoms with Gasteiger partial charge in [0.25, 0.3) is 5.91 Å². The molecule has 0 N–H and O–H groups in total. The van der Waals surface area contributed by atoms with E-state index in [-0.39, 0.29) is 18.5 Å². The summed E-state index contributed by atoms with van der Waals surface area (Å²) in [5.41, 5.74) is 0.460. The number of rotatable bonds is 1. The first kappa shape index (κ1) is 13.1. The molecule has 3 amide bonds. The maximum absolute atomic E-state index is 12.3. The summed E-state index contributed by atoms with van der Waals surface area (Å²) in [5, 5.41) is 8.87. The molecule has 1 aliphatic rings. The Balaban J connectivity index is 2.38. The summed E-state index contributed by atoms with van der Waals surface area (Å²) in [6.45, 7) is 5.72. The van der Waals surface area contributed by atoms with E-state index in [9.17, 15) is 9.59 Å². The van der Waals surface area contributed by atoms with Crippen LogP contribution in [0.5, 0.6) is 0 Å². The van der Waals surface area contributed by atoms with E-state index >= 15 is 0 Å². The lowest BCUT2D eigenvalue weighted by atomic mass is 10.1. The van der Waals surface area contributed by atoms with Crippen LogP contribution in [0.3, 0.4) is 0 Å². The second kappa shape index (κ2) is 4.39. The molecule has 5 heteroatoms. The van der Waals surface area contributed by atoms with E-state index < -0.39 is 5.54 Å². The Labute approximate surface area is 112 Å². The van der Waals surface area contributed by atoms with Crippen LogP contribution in [0.2, 0.25) is 0 Å². The highest BCUT2D eigenvalue weighted by atomic mass is 16.2. The van der Waals surface area contributed by atoms with Gasteiger partial charge < -0.3 is 4.90 Å². The van der Waals surface area contributed by atoms with Crippen LogP contribution in [0.4, 0.5) is 10.5 Å². The van der Waals surface area contributed by atoms with Crippen molar-refractivity contribution in [2.24, 2.45) is 0 Å². The van der Waals surface area contributed by atoms with Crippen molar-refractivity contribution < 1.29 is 9.59 Å². The Morgan fingerprint density at radius 3 is 2.47 bits per heavy atom. The van der Waals surface area contributed by atoms with Gasteiger partial charge in [0.1, 0.15) is 6.54 Å². The molecule has 0 aromatic heterocycles. The highest BCUT2D eigenvalue weighted by molar-refractivity contribution is 6.20. The summed E-state index contributed by atoms with van der Waals surface area (Å²) < 4.78 is 0. The summed E-state index contributed by atoms with van der Waals surface area (Å²) in [7, 11) is 0. The molecule has 0 spiro atoms.